The van der Waals surface area contributed by atoms with Crippen molar-refractivity contribution in [3.8, 4) is 0 Å². The van der Waals surface area contributed by atoms with Crippen LogP contribution in [0, 0.1) is 5.82 Å². The van der Waals surface area contributed by atoms with Crippen molar-refractivity contribution in [3.63, 3.8) is 0 Å². The number of aromatic amines is 1. The summed E-state index contributed by atoms with van der Waals surface area (Å²) in [6.07, 6.45) is -3.58. The molecule has 106 valence electrons. The van der Waals surface area contributed by atoms with Crippen LogP contribution in [0.3, 0.4) is 0 Å². The number of aliphatic hydroxyl groups excluding tert-OH is 2. The van der Waals surface area contributed by atoms with E-state index in [9.17, 15) is 19.1 Å². The Balaban J connectivity index is 2.44. The van der Waals surface area contributed by atoms with E-state index >= 15 is 0 Å². The molecule has 1 aromatic heterocycles. The molecule has 1 aliphatic rings. The topological polar surface area (TPSA) is 114 Å². The Hall–Kier alpha value is -1.55. The van der Waals surface area contributed by atoms with E-state index in [1.165, 1.54) is 7.11 Å². The highest BCUT2D eigenvalue weighted by atomic mass is 19.1. The second-order valence-electron chi connectivity index (χ2n) is 4.08. The van der Waals surface area contributed by atoms with E-state index in [1.54, 1.807) is 4.98 Å². The van der Waals surface area contributed by atoms with E-state index in [0.717, 1.165) is 4.57 Å². The predicted molar refractivity (Wildman–Crippen MR) is 59.1 cm³/mol. The molecule has 1 fully saturated rings. The Bertz CT molecular complexity index is 570. The minimum absolute atomic E-state index is 0.488. The third-order valence-corrected chi connectivity index (χ3v) is 2.96. The summed E-state index contributed by atoms with van der Waals surface area (Å²) in [5.74, 6) is -1.17. The summed E-state index contributed by atoms with van der Waals surface area (Å²) >= 11 is 0. The highest BCUT2D eigenvalue weighted by Gasteiger charge is 2.45. The largest absolute Gasteiger partial charge is 0.394 e. The summed E-state index contributed by atoms with van der Waals surface area (Å²) in [5.41, 5.74) is -2.04. The lowest BCUT2D eigenvalue weighted by Crippen LogP contribution is -2.39. The maximum atomic E-state index is 13.2. The molecule has 1 aliphatic heterocycles. The van der Waals surface area contributed by atoms with Crippen molar-refractivity contribution in [1.29, 1.82) is 0 Å². The van der Waals surface area contributed by atoms with Gasteiger partial charge in [0, 0.05) is 7.11 Å². The summed E-state index contributed by atoms with van der Waals surface area (Å²) in [6, 6.07) is 0. The Kier molecular flexibility index (Phi) is 3.80. The molecule has 2 rings (SSSR count). The minimum atomic E-state index is -1.18. The van der Waals surface area contributed by atoms with Gasteiger partial charge in [0.1, 0.15) is 18.3 Å². The Morgan fingerprint density at radius 1 is 1.58 bits per heavy atom. The number of aliphatic hydroxyl groups is 2. The normalized spacial score (nSPS) is 30.7. The van der Waals surface area contributed by atoms with Crippen LogP contribution in [-0.4, -0.2) is 51.8 Å². The predicted octanol–water partition coefficient (Wildman–Crippen LogP) is -2.06. The smallest absolute Gasteiger partial charge is 0.330 e. The minimum Gasteiger partial charge on any atom is -0.394 e. The van der Waals surface area contributed by atoms with Gasteiger partial charge in [-0.3, -0.25) is 14.3 Å². The van der Waals surface area contributed by atoms with Crippen LogP contribution in [0.15, 0.2) is 15.8 Å². The summed E-state index contributed by atoms with van der Waals surface area (Å²) in [6.45, 7) is -0.488. The van der Waals surface area contributed by atoms with E-state index in [2.05, 4.69) is 0 Å². The fourth-order valence-corrected chi connectivity index (χ4v) is 2.00. The van der Waals surface area contributed by atoms with Crippen molar-refractivity contribution in [2.24, 2.45) is 0 Å². The summed E-state index contributed by atoms with van der Waals surface area (Å²) in [5, 5.41) is 18.8. The number of nitrogens with zero attached hydrogens (tertiary/aromatic N) is 1. The van der Waals surface area contributed by atoms with Crippen molar-refractivity contribution < 1.29 is 24.1 Å². The average Bonchev–Trinajstić information content (AvgIpc) is 2.70. The molecular weight excluding hydrogens is 263 g/mol. The molecule has 0 aliphatic carbocycles. The molecule has 0 bridgehead atoms. The lowest BCUT2D eigenvalue weighted by molar-refractivity contribution is -0.0629. The second-order valence-corrected chi connectivity index (χ2v) is 4.08. The Labute approximate surface area is 106 Å². The maximum Gasteiger partial charge on any atom is 0.330 e. The Morgan fingerprint density at radius 2 is 2.26 bits per heavy atom. The molecule has 8 nitrogen and oxygen atoms in total. The third kappa shape index (κ3) is 2.32. The molecule has 0 amide bonds. The van der Waals surface area contributed by atoms with Crippen LogP contribution in [0.2, 0.25) is 0 Å². The first-order valence-corrected chi connectivity index (χ1v) is 5.47. The molecule has 9 heteroatoms. The number of ether oxygens (including phenoxy) is 2. The second kappa shape index (κ2) is 5.21. The van der Waals surface area contributed by atoms with Crippen LogP contribution >= 0.6 is 0 Å². The van der Waals surface area contributed by atoms with Crippen molar-refractivity contribution in [1.82, 2.24) is 9.55 Å². The highest BCUT2D eigenvalue weighted by molar-refractivity contribution is 4.95. The molecule has 0 saturated carbocycles. The van der Waals surface area contributed by atoms with Gasteiger partial charge in [-0.1, -0.05) is 0 Å². The third-order valence-electron chi connectivity index (χ3n) is 2.96. The molecular formula is C10H13FN2O6. The standard InChI is InChI=1S/C10H13FN2O6/c1-18-7-6(15)5(3-14)19-9(7)13-2-4(11)8(16)12-10(13)17/h2,5-7,9,14-15H,3H2,1H3,(H,12,16,17). The van der Waals surface area contributed by atoms with Gasteiger partial charge < -0.3 is 19.7 Å². The summed E-state index contributed by atoms with van der Waals surface area (Å²) in [7, 11) is 1.27. The zero-order chi connectivity index (χ0) is 14.2. The van der Waals surface area contributed by atoms with Gasteiger partial charge in [-0.05, 0) is 0 Å². The van der Waals surface area contributed by atoms with Crippen LogP contribution in [0.4, 0.5) is 4.39 Å². The monoisotopic (exact) mass is 276 g/mol. The van der Waals surface area contributed by atoms with Crippen LogP contribution < -0.4 is 11.2 Å². The van der Waals surface area contributed by atoms with Crippen LogP contribution in [0.25, 0.3) is 0 Å². The van der Waals surface area contributed by atoms with Gasteiger partial charge in [-0.25, -0.2) is 4.79 Å². The summed E-state index contributed by atoms with van der Waals surface area (Å²) < 4.78 is 24.2. The Morgan fingerprint density at radius 3 is 2.84 bits per heavy atom. The zero-order valence-electron chi connectivity index (χ0n) is 9.95. The van der Waals surface area contributed by atoms with Crippen LogP contribution in [0.1, 0.15) is 6.23 Å². The lowest BCUT2D eigenvalue weighted by atomic mass is 10.1. The molecule has 19 heavy (non-hydrogen) atoms. The first-order valence-electron chi connectivity index (χ1n) is 5.47. The molecule has 0 radical (unpaired) electrons. The molecule has 4 atom stereocenters. The highest BCUT2D eigenvalue weighted by Crippen LogP contribution is 2.30. The average molecular weight is 276 g/mol. The SMILES string of the molecule is COC1C(O)C(CO)OC1n1cc(F)c(=O)[nH]c1=O. The van der Waals surface area contributed by atoms with Gasteiger partial charge in [-0.15, -0.1) is 0 Å². The van der Waals surface area contributed by atoms with E-state index in [1.807, 2.05) is 0 Å². The van der Waals surface area contributed by atoms with Gasteiger partial charge in [0.25, 0.3) is 5.56 Å². The molecule has 1 aromatic rings. The van der Waals surface area contributed by atoms with Gasteiger partial charge >= 0.3 is 5.69 Å². The fraction of sp³-hybridized carbons (Fsp3) is 0.600. The number of hydrogen-bond acceptors (Lipinski definition) is 6. The lowest BCUT2D eigenvalue weighted by Gasteiger charge is -2.20. The maximum absolute atomic E-state index is 13.2. The first-order chi connectivity index (χ1) is 8.99. The first kappa shape index (κ1) is 13.9. The van der Waals surface area contributed by atoms with E-state index in [4.69, 9.17) is 14.6 Å². The van der Waals surface area contributed by atoms with Gasteiger partial charge in [-0.2, -0.15) is 4.39 Å². The van der Waals surface area contributed by atoms with Crippen molar-refractivity contribution >= 4 is 0 Å². The van der Waals surface area contributed by atoms with Crippen molar-refractivity contribution in [2.75, 3.05) is 13.7 Å². The van der Waals surface area contributed by atoms with Crippen LogP contribution in [0.5, 0.6) is 0 Å². The molecule has 1 saturated heterocycles. The molecule has 0 aromatic carbocycles. The van der Waals surface area contributed by atoms with Gasteiger partial charge in [0.05, 0.1) is 12.8 Å². The van der Waals surface area contributed by atoms with Gasteiger partial charge in [0.15, 0.2) is 6.23 Å². The number of aromatic nitrogens is 2. The zero-order valence-corrected chi connectivity index (χ0v) is 9.95. The van der Waals surface area contributed by atoms with E-state index in [0.29, 0.717) is 6.20 Å². The quantitative estimate of drug-likeness (QED) is 0.585. The number of hydrogen-bond donors (Lipinski definition) is 3. The number of halogens is 1. The van der Waals surface area contributed by atoms with Crippen LogP contribution in [-0.2, 0) is 9.47 Å². The molecule has 2 heterocycles. The fourth-order valence-electron chi connectivity index (χ4n) is 2.00. The van der Waals surface area contributed by atoms with E-state index in [-0.39, 0.29) is 0 Å². The summed E-state index contributed by atoms with van der Waals surface area (Å²) in [4.78, 5) is 24.3. The molecule has 3 N–H and O–H groups in total. The van der Waals surface area contributed by atoms with Crippen molar-refractivity contribution in [2.45, 2.75) is 24.5 Å². The molecule has 0 spiro atoms. The van der Waals surface area contributed by atoms with Gasteiger partial charge in [0.2, 0.25) is 5.82 Å². The van der Waals surface area contributed by atoms with E-state index < -0.39 is 48.2 Å². The molecule has 4 unspecified atom stereocenters. The number of methoxy groups -OCH3 is 1. The number of nitrogens with one attached hydrogen (secondary N) is 1. The number of H-pyrrole nitrogens is 1. The van der Waals surface area contributed by atoms with Crippen molar-refractivity contribution in [3.05, 3.63) is 32.9 Å². The number of rotatable bonds is 3.